The number of nitrogens with zero attached hydrogens (tertiary/aromatic N) is 1. The molecule has 0 spiro atoms. The van der Waals surface area contributed by atoms with E-state index in [0.717, 1.165) is 18.1 Å². The average Bonchev–Trinajstić information content (AvgIpc) is 2.69. The monoisotopic (exact) mass is 161 g/mol. The van der Waals surface area contributed by atoms with Crippen LogP contribution in [0.5, 0.6) is 0 Å². The Balaban J connectivity index is 2.00. The summed E-state index contributed by atoms with van der Waals surface area (Å²) >= 11 is 0. The Labute approximate surface area is 71.3 Å². The van der Waals surface area contributed by atoms with Crippen LogP contribution in [0.2, 0.25) is 0 Å². The summed E-state index contributed by atoms with van der Waals surface area (Å²) in [4.78, 5) is 0. The van der Waals surface area contributed by atoms with Gasteiger partial charge in [-0.1, -0.05) is 29.5 Å². The van der Waals surface area contributed by atoms with E-state index in [1.54, 1.807) is 0 Å². The first-order valence-electron chi connectivity index (χ1n) is 4.47. The Morgan fingerprint density at radius 3 is 3.00 bits per heavy atom. The molecule has 0 saturated heterocycles. The van der Waals surface area contributed by atoms with E-state index >= 15 is 0 Å². The first kappa shape index (κ1) is 6.46. The summed E-state index contributed by atoms with van der Waals surface area (Å²) in [6.07, 6.45) is 9.71. The van der Waals surface area contributed by atoms with Gasteiger partial charge in [0.25, 0.3) is 0 Å². The molecule has 0 unspecified atom stereocenters. The number of fused-ring (bicyclic) bond motifs is 1. The number of rotatable bonds is 0. The van der Waals surface area contributed by atoms with Crippen LogP contribution in [-0.4, -0.2) is 10.9 Å². The van der Waals surface area contributed by atoms with Gasteiger partial charge in [0.15, 0.2) is 0 Å². The molecule has 3 rings (SSSR count). The lowest BCUT2D eigenvalue weighted by atomic mass is 10.0. The van der Waals surface area contributed by atoms with E-state index in [9.17, 15) is 0 Å². The van der Waals surface area contributed by atoms with E-state index in [2.05, 4.69) is 29.5 Å². The second-order valence-electron chi connectivity index (χ2n) is 3.91. The van der Waals surface area contributed by atoms with Crippen LogP contribution >= 0.6 is 0 Å². The molecule has 2 nitrogen and oxygen atoms in total. The van der Waals surface area contributed by atoms with Crippen molar-refractivity contribution in [2.24, 2.45) is 28.8 Å². The lowest BCUT2D eigenvalue weighted by Gasteiger charge is -2.05. The van der Waals surface area contributed by atoms with Crippen LogP contribution in [0.25, 0.3) is 0 Å². The predicted octanol–water partition coefficient (Wildman–Crippen LogP) is 1.82. The van der Waals surface area contributed by atoms with E-state index in [1.807, 2.05) is 0 Å². The van der Waals surface area contributed by atoms with Gasteiger partial charge in [-0.2, -0.15) is 0 Å². The van der Waals surface area contributed by atoms with Crippen LogP contribution in [0.4, 0.5) is 0 Å². The molecule has 0 radical (unpaired) electrons. The molecule has 0 aromatic carbocycles. The second kappa shape index (κ2) is 2.00. The summed E-state index contributed by atoms with van der Waals surface area (Å²) in [6, 6.07) is 0. The number of oxime groups is 1. The first-order valence-corrected chi connectivity index (χ1v) is 4.47. The van der Waals surface area contributed by atoms with Crippen molar-refractivity contribution in [3.63, 3.8) is 0 Å². The lowest BCUT2D eigenvalue weighted by molar-refractivity contribution is 0.316. The van der Waals surface area contributed by atoms with Gasteiger partial charge in [0, 0.05) is 5.92 Å². The van der Waals surface area contributed by atoms with Gasteiger partial charge < -0.3 is 5.21 Å². The molecular weight excluding hydrogens is 150 g/mol. The molecule has 1 N–H and O–H groups in total. The minimum absolute atomic E-state index is 0.571. The van der Waals surface area contributed by atoms with E-state index in [4.69, 9.17) is 5.21 Å². The van der Waals surface area contributed by atoms with Crippen LogP contribution < -0.4 is 0 Å². The van der Waals surface area contributed by atoms with E-state index in [0.29, 0.717) is 17.8 Å². The van der Waals surface area contributed by atoms with Crippen molar-refractivity contribution in [2.45, 2.75) is 6.42 Å². The van der Waals surface area contributed by atoms with E-state index in [-0.39, 0.29) is 0 Å². The zero-order valence-electron chi connectivity index (χ0n) is 6.72. The Morgan fingerprint density at radius 2 is 2.17 bits per heavy atom. The maximum atomic E-state index is 8.75. The van der Waals surface area contributed by atoms with Gasteiger partial charge in [-0.15, -0.1) is 0 Å². The van der Waals surface area contributed by atoms with Gasteiger partial charge in [0.1, 0.15) is 0 Å². The van der Waals surface area contributed by atoms with Gasteiger partial charge in [-0.05, 0) is 24.2 Å². The maximum absolute atomic E-state index is 8.75. The van der Waals surface area contributed by atoms with Crippen molar-refractivity contribution in [1.29, 1.82) is 0 Å². The molecule has 2 heteroatoms. The fourth-order valence-corrected chi connectivity index (χ4v) is 2.82. The van der Waals surface area contributed by atoms with Gasteiger partial charge >= 0.3 is 0 Å². The van der Waals surface area contributed by atoms with E-state index in [1.165, 1.54) is 0 Å². The molecule has 2 saturated carbocycles. The highest BCUT2D eigenvalue weighted by atomic mass is 16.4. The lowest BCUT2D eigenvalue weighted by Crippen LogP contribution is -2.03. The van der Waals surface area contributed by atoms with Gasteiger partial charge in [0.05, 0.1) is 5.71 Å². The molecule has 0 heterocycles. The van der Waals surface area contributed by atoms with Crippen LogP contribution in [0, 0.1) is 23.7 Å². The van der Waals surface area contributed by atoms with Crippen molar-refractivity contribution in [3.8, 4) is 0 Å². The van der Waals surface area contributed by atoms with Crippen molar-refractivity contribution in [3.05, 3.63) is 24.3 Å². The summed E-state index contributed by atoms with van der Waals surface area (Å²) in [5.41, 5.74) is 1.02. The molecule has 0 aromatic heterocycles. The van der Waals surface area contributed by atoms with Crippen LogP contribution in [0.3, 0.4) is 0 Å². The van der Waals surface area contributed by atoms with Crippen molar-refractivity contribution >= 4 is 5.71 Å². The van der Waals surface area contributed by atoms with Crippen molar-refractivity contribution in [2.75, 3.05) is 0 Å². The Kier molecular flexibility index (Phi) is 1.08. The Morgan fingerprint density at radius 1 is 1.33 bits per heavy atom. The molecule has 2 fully saturated rings. The largest absolute Gasteiger partial charge is 0.411 e. The normalized spacial score (nSPS) is 50.8. The molecular formula is C10H11NO. The number of hydrogen-bond acceptors (Lipinski definition) is 2. The minimum Gasteiger partial charge on any atom is -0.411 e. The van der Waals surface area contributed by atoms with Crippen molar-refractivity contribution in [1.82, 2.24) is 0 Å². The standard InChI is InChI=1S/C10H11NO/c12-11-8-5-6-3-1-2-4-7-9(6)10(7)8/h1-4,6-7,9-10,12H,5H2/b11-8-/t6-,7-,9-,10-/m0/s1. The van der Waals surface area contributed by atoms with Gasteiger partial charge in [-0.3, -0.25) is 0 Å². The van der Waals surface area contributed by atoms with Crippen molar-refractivity contribution < 1.29 is 5.21 Å². The smallest absolute Gasteiger partial charge is 0.0616 e. The zero-order valence-corrected chi connectivity index (χ0v) is 6.72. The average molecular weight is 161 g/mol. The quantitative estimate of drug-likeness (QED) is 0.426. The SMILES string of the molecule is O/N=C1/C[C@@H]2C=CC=C[C@@H]3[C@@H]1[C@H]32. The maximum Gasteiger partial charge on any atom is 0.0616 e. The minimum atomic E-state index is 0.571. The third-order valence-corrected chi connectivity index (χ3v) is 3.39. The summed E-state index contributed by atoms with van der Waals surface area (Å²) < 4.78 is 0. The van der Waals surface area contributed by atoms with Gasteiger partial charge in [0.2, 0.25) is 0 Å². The van der Waals surface area contributed by atoms with Crippen LogP contribution in [-0.2, 0) is 0 Å². The molecule has 0 bridgehead atoms. The molecule has 4 atom stereocenters. The summed E-state index contributed by atoms with van der Waals surface area (Å²) in [5.74, 6) is 2.64. The third kappa shape index (κ3) is 0.631. The summed E-state index contributed by atoms with van der Waals surface area (Å²) in [6.45, 7) is 0. The summed E-state index contributed by atoms with van der Waals surface area (Å²) in [7, 11) is 0. The molecule has 62 valence electrons. The molecule has 3 aliphatic rings. The van der Waals surface area contributed by atoms with Crippen LogP contribution in [0.15, 0.2) is 29.5 Å². The number of hydrogen-bond donors (Lipinski definition) is 1. The number of allylic oxidation sites excluding steroid dienone is 4. The second-order valence-corrected chi connectivity index (χ2v) is 3.91. The summed E-state index contributed by atoms with van der Waals surface area (Å²) in [5, 5.41) is 12.1. The topological polar surface area (TPSA) is 32.6 Å². The van der Waals surface area contributed by atoms with Crippen LogP contribution in [0.1, 0.15) is 6.42 Å². The fourth-order valence-electron chi connectivity index (χ4n) is 2.82. The molecule has 12 heavy (non-hydrogen) atoms. The highest BCUT2D eigenvalue weighted by Gasteiger charge is 2.60. The Bertz CT molecular complexity index is 301. The fraction of sp³-hybridized carbons (Fsp3) is 0.500. The molecule has 0 aromatic rings. The van der Waals surface area contributed by atoms with Gasteiger partial charge in [-0.25, -0.2) is 0 Å². The first-order chi connectivity index (χ1) is 5.92. The molecule has 0 amide bonds. The predicted molar refractivity (Wildman–Crippen MR) is 46.1 cm³/mol. The molecule has 0 aliphatic heterocycles. The highest BCUT2D eigenvalue weighted by molar-refractivity contribution is 5.93. The Hall–Kier alpha value is -1.05. The third-order valence-electron chi connectivity index (χ3n) is 3.39. The van der Waals surface area contributed by atoms with E-state index < -0.39 is 0 Å². The zero-order chi connectivity index (χ0) is 8.13. The molecule has 3 aliphatic carbocycles. The highest BCUT2D eigenvalue weighted by Crippen LogP contribution is 2.60.